The van der Waals surface area contributed by atoms with Gasteiger partial charge in [0.1, 0.15) is 34.7 Å². The van der Waals surface area contributed by atoms with Crippen LogP contribution in [0.5, 0.6) is 0 Å². The fraction of sp³-hybridized carbons (Fsp3) is 0.643. The molecule has 2 atom stereocenters. The summed E-state index contributed by atoms with van der Waals surface area (Å²) in [5.74, 6) is -2.20. The molecule has 0 bridgehead atoms. The van der Waals surface area contributed by atoms with Crippen molar-refractivity contribution in [1.82, 2.24) is 20.5 Å². The monoisotopic (exact) mass is 561 g/mol. The number of carbonyl (C=O) groups excluding carboxylic acids is 5. The van der Waals surface area contributed by atoms with Gasteiger partial charge in [-0.1, -0.05) is 13.8 Å². The number of carbonyl (C=O) groups is 5. The van der Waals surface area contributed by atoms with Crippen molar-refractivity contribution in [3.05, 3.63) is 23.9 Å². The largest absolute Gasteiger partial charge is 0.456 e. The smallest absolute Gasteiger partial charge is 0.410 e. The van der Waals surface area contributed by atoms with Gasteiger partial charge in [-0.2, -0.15) is 0 Å². The Hall–Kier alpha value is -3.70. The van der Waals surface area contributed by atoms with E-state index < -0.39 is 59.6 Å². The Labute approximate surface area is 235 Å². The first-order valence-electron chi connectivity index (χ1n) is 13.5. The van der Waals surface area contributed by atoms with Crippen LogP contribution in [-0.2, 0) is 23.9 Å². The van der Waals surface area contributed by atoms with Crippen LogP contribution >= 0.6 is 0 Å². The molecule has 0 saturated carbocycles. The molecular weight excluding hydrogens is 518 g/mol. The Bertz CT molecular complexity index is 1090. The molecule has 0 spiro atoms. The van der Waals surface area contributed by atoms with E-state index in [0.717, 1.165) is 0 Å². The maximum absolute atomic E-state index is 13.1. The van der Waals surface area contributed by atoms with Gasteiger partial charge < -0.3 is 25.4 Å². The maximum Gasteiger partial charge on any atom is 0.410 e. The molecule has 1 fully saturated rings. The molecule has 2 rings (SSSR count). The minimum absolute atomic E-state index is 0.00602. The summed E-state index contributed by atoms with van der Waals surface area (Å²) in [4.78, 5) is 69.3. The van der Waals surface area contributed by atoms with Crippen LogP contribution in [-0.4, -0.2) is 76.0 Å². The van der Waals surface area contributed by atoms with Gasteiger partial charge in [-0.25, -0.2) is 14.6 Å². The first kappa shape index (κ1) is 32.5. The topological polar surface area (TPSA) is 156 Å². The van der Waals surface area contributed by atoms with Gasteiger partial charge in [-0.05, 0) is 78.9 Å². The highest BCUT2D eigenvalue weighted by molar-refractivity contribution is 6.01. The zero-order chi connectivity index (χ0) is 30.3. The van der Waals surface area contributed by atoms with E-state index in [2.05, 4.69) is 20.9 Å². The van der Waals surface area contributed by atoms with E-state index in [0.29, 0.717) is 25.8 Å². The highest BCUT2D eigenvalue weighted by Gasteiger charge is 2.38. The molecule has 222 valence electrons. The molecule has 4 amide bonds. The Morgan fingerprint density at radius 2 is 1.70 bits per heavy atom. The number of pyridine rings is 1. The van der Waals surface area contributed by atoms with Gasteiger partial charge in [0.25, 0.3) is 0 Å². The van der Waals surface area contributed by atoms with Crippen LogP contribution in [0.2, 0.25) is 0 Å². The summed E-state index contributed by atoms with van der Waals surface area (Å²) in [5, 5.41) is 7.82. The second-order valence-corrected chi connectivity index (χ2v) is 12.2. The van der Waals surface area contributed by atoms with Gasteiger partial charge in [0.05, 0.1) is 6.54 Å². The summed E-state index contributed by atoms with van der Waals surface area (Å²) < 4.78 is 10.8. The van der Waals surface area contributed by atoms with E-state index in [1.807, 2.05) is 13.8 Å². The lowest BCUT2D eigenvalue weighted by molar-refractivity contribution is -0.132. The van der Waals surface area contributed by atoms with Crippen molar-refractivity contribution >= 4 is 35.6 Å². The zero-order valence-electron chi connectivity index (χ0n) is 24.8. The minimum atomic E-state index is -0.923. The van der Waals surface area contributed by atoms with E-state index in [1.54, 1.807) is 47.6 Å². The number of anilines is 1. The van der Waals surface area contributed by atoms with Crippen molar-refractivity contribution in [2.45, 2.75) is 97.9 Å². The van der Waals surface area contributed by atoms with Crippen molar-refractivity contribution in [3.8, 4) is 0 Å². The van der Waals surface area contributed by atoms with E-state index in [4.69, 9.17) is 9.47 Å². The number of nitrogens with zero attached hydrogens (tertiary/aromatic N) is 2. The third-order valence-electron chi connectivity index (χ3n) is 5.63. The quantitative estimate of drug-likeness (QED) is 0.389. The molecule has 0 radical (unpaired) electrons. The standard InChI is InChI=1S/C28H43N5O7/c1-17(2)15-19(31-24(36)20-12-10-14-33(20)26(38)40-28(6,7)8)23(35)30-16-21(34)32-22-18(11-9-13-29-22)25(37)39-27(3,4)5/h9,11,13,17,19-20H,10,12,14-16H2,1-8H3,(H,30,35)(H,31,36)(H,29,32,34)/t19-,20-/m0/s1. The van der Waals surface area contributed by atoms with Gasteiger partial charge in [0.15, 0.2) is 0 Å². The van der Waals surface area contributed by atoms with Crippen LogP contribution in [0.3, 0.4) is 0 Å². The van der Waals surface area contributed by atoms with Gasteiger partial charge in [-0.3, -0.25) is 19.3 Å². The fourth-order valence-corrected chi connectivity index (χ4v) is 4.02. The number of nitrogens with one attached hydrogen (secondary N) is 3. The molecule has 12 nitrogen and oxygen atoms in total. The molecule has 1 aromatic rings. The zero-order valence-corrected chi connectivity index (χ0v) is 24.8. The second kappa shape index (κ2) is 13.6. The fourth-order valence-electron chi connectivity index (χ4n) is 4.02. The first-order chi connectivity index (χ1) is 18.5. The summed E-state index contributed by atoms with van der Waals surface area (Å²) in [5.41, 5.74) is -1.36. The number of amides is 4. The Balaban J connectivity index is 2.02. The van der Waals surface area contributed by atoms with Crippen LogP contribution in [0, 0.1) is 5.92 Å². The van der Waals surface area contributed by atoms with E-state index in [1.165, 1.54) is 17.2 Å². The highest BCUT2D eigenvalue weighted by atomic mass is 16.6. The number of ether oxygens (including phenoxy) is 2. The average Bonchev–Trinajstić information content (AvgIpc) is 3.30. The Morgan fingerprint density at radius 1 is 1.05 bits per heavy atom. The SMILES string of the molecule is CC(C)C[C@H](NC(=O)[C@@H]1CCCN1C(=O)OC(C)(C)C)C(=O)NCC(=O)Nc1ncccc1C(=O)OC(C)(C)C. The van der Waals surface area contributed by atoms with Crippen molar-refractivity contribution in [3.63, 3.8) is 0 Å². The summed E-state index contributed by atoms with van der Waals surface area (Å²) in [7, 11) is 0. The molecule has 0 aliphatic carbocycles. The van der Waals surface area contributed by atoms with Crippen molar-refractivity contribution in [2.75, 3.05) is 18.4 Å². The Kier molecular flexibility index (Phi) is 11.0. The lowest BCUT2D eigenvalue weighted by Crippen LogP contribution is -2.54. The van der Waals surface area contributed by atoms with Crippen molar-refractivity contribution in [1.29, 1.82) is 0 Å². The van der Waals surface area contributed by atoms with Crippen LogP contribution in [0.15, 0.2) is 18.3 Å². The van der Waals surface area contributed by atoms with Gasteiger partial charge >= 0.3 is 12.1 Å². The first-order valence-corrected chi connectivity index (χ1v) is 13.5. The molecule has 1 aliphatic heterocycles. The number of aromatic nitrogens is 1. The van der Waals surface area contributed by atoms with Crippen LogP contribution in [0.4, 0.5) is 10.6 Å². The molecule has 40 heavy (non-hydrogen) atoms. The number of hydrogen-bond donors (Lipinski definition) is 3. The number of rotatable bonds is 9. The number of likely N-dealkylation sites (tertiary alicyclic amines) is 1. The lowest BCUT2D eigenvalue weighted by Gasteiger charge is -2.29. The molecule has 0 aromatic carbocycles. The molecule has 1 aromatic heterocycles. The van der Waals surface area contributed by atoms with Crippen LogP contribution < -0.4 is 16.0 Å². The summed E-state index contributed by atoms with van der Waals surface area (Å²) in [6, 6.07) is 1.35. The van der Waals surface area contributed by atoms with Crippen LogP contribution in [0.25, 0.3) is 0 Å². The molecule has 0 unspecified atom stereocenters. The second-order valence-electron chi connectivity index (χ2n) is 12.2. The van der Waals surface area contributed by atoms with Gasteiger partial charge in [0.2, 0.25) is 17.7 Å². The highest BCUT2D eigenvalue weighted by Crippen LogP contribution is 2.22. The maximum atomic E-state index is 13.1. The lowest BCUT2D eigenvalue weighted by atomic mass is 10.0. The molecular formula is C28H43N5O7. The molecule has 1 saturated heterocycles. The molecule has 12 heteroatoms. The predicted octanol–water partition coefficient (Wildman–Crippen LogP) is 3.02. The molecule has 3 N–H and O–H groups in total. The van der Waals surface area contributed by atoms with Gasteiger partial charge in [-0.15, -0.1) is 0 Å². The normalized spacial score (nSPS) is 16.2. The van der Waals surface area contributed by atoms with Crippen molar-refractivity contribution < 1.29 is 33.4 Å². The summed E-state index contributed by atoms with van der Waals surface area (Å²) in [6.45, 7) is 14.2. The molecule has 1 aliphatic rings. The van der Waals surface area contributed by atoms with E-state index in [-0.39, 0.29) is 17.3 Å². The Morgan fingerprint density at radius 3 is 2.30 bits per heavy atom. The van der Waals surface area contributed by atoms with Gasteiger partial charge in [0, 0.05) is 12.7 Å². The minimum Gasteiger partial charge on any atom is -0.456 e. The predicted molar refractivity (Wildman–Crippen MR) is 148 cm³/mol. The summed E-state index contributed by atoms with van der Waals surface area (Å²) >= 11 is 0. The number of esters is 1. The summed E-state index contributed by atoms with van der Waals surface area (Å²) in [6.07, 6.45) is 2.25. The van der Waals surface area contributed by atoms with E-state index in [9.17, 15) is 24.0 Å². The third kappa shape index (κ3) is 10.5. The average molecular weight is 562 g/mol. The third-order valence-corrected chi connectivity index (χ3v) is 5.63. The van der Waals surface area contributed by atoms with E-state index >= 15 is 0 Å². The number of hydrogen-bond acceptors (Lipinski definition) is 8. The molecule has 2 heterocycles. The van der Waals surface area contributed by atoms with Crippen LogP contribution in [0.1, 0.15) is 85.0 Å². The van der Waals surface area contributed by atoms with Crippen molar-refractivity contribution in [2.24, 2.45) is 5.92 Å².